The van der Waals surface area contributed by atoms with Crippen molar-refractivity contribution in [2.75, 3.05) is 7.05 Å². The number of alkyl halides is 3. The first kappa shape index (κ1) is 22.1. The highest BCUT2D eigenvalue weighted by molar-refractivity contribution is 5.79. The molecule has 0 saturated carbocycles. The Balaban J connectivity index is 1.47. The van der Waals surface area contributed by atoms with Gasteiger partial charge in [0, 0.05) is 26.3 Å². The van der Waals surface area contributed by atoms with Crippen LogP contribution in [0.1, 0.15) is 22.4 Å². The molecular formula is C23H23F3N4O. The summed E-state index contributed by atoms with van der Waals surface area (Å²) in [7, 11) is 1.61. The number of hydrogen-bond donors (Lipinski definition) is 2. The van der Waals surface area contributed by atoms with Crippen molar-refractivity contribution in [1.82, 2.24) is 15.6 Å². The summed E-state index contributed by atoms with van der Waals surface area (Å²) >= 11 is 0. The summed E-state index contributed by atoms with van der Waals surface area (Å²) in [6.45, 7) is 1.12. The Morgan fingerprint density at radius 1 is 0.935 bits per heavy atom. The molecule has 5 nitrogen and oxygen atoms in total. The number of halogens is 3. The summed E-state index contributed by atoms with van der Waals surface area (Å²) in [5.41, 5.74) is 1.71. The van der Waals surface area contributed by atoms with E-state index in [-0.39, 0.29) is 6.54 Å². The van der Waals surface area contributed by atoms with Crippen molar-refractivity contribution in [3.05, 3.63) is 95.3 Å². The van der Waals surface area contributed by atoms with Gasteiger partial charge < -0.3 is 15.4 Å². The zero-order chi connectivity index (χ0) is 22.1. The molecule has 0 amide bonds. The number of benzene rings is 2. The molecule has 3 rings (SSSR count). The minimum Gasteiger partial charge on any atom is -0.487 e. The van der Waals surface area contributed by atoms with Gasteiger partial charge in [-0.1, -0.05) is 30.3 Å². The SMILES string of the molecule is CN=C(NCc1ccc(OCc2ccccn2)cc1)NCc1cccc(C(F)(F)F)c1. The highest BCUT2D eigenvalue weighted by Crippen LogP contribution is 2.29. The molecular weight excluding hydrogens is 405 g/mol. The van der Waals surface area contributed by atoms with Gasteiger partial charge in [0.25, 0.3) is 0 Å². The van der Waals surface area contributed by atoms with E-state index in [2.05, 4.69) is 20.6 Å². The first-order valence-electron chi connectivity index (χ1n) is 9.66. The van der Waals surface area contributed by atoms with Crippen molar-refractivity contribution < 1.29 is 17.9 Å². The second kappa shape index (κ2) is 10.5. The lowest BCUT2D eigenvalue weighted by Crippen LogP contribution is -2.36. The number of rotatable bonds is 7. The molecule has 2 N–H and O–H groups in total. The molecule has 3 aromatic rings. The zero-order valence-corrected chi connectivity index (χ0v) is 17.0. The number of nitrogens with one attached hydrogen (secondary N) is 2. The molecule has 0 aliphatic carbocycles. The van der Waals surface area contributed by atoms with Gasteiger partial charge in [-0.15, -0.1) is 0 Å². The Kier molecular flexibility index (Phi) is 7.48. The molecule has 2 aromatic carbocycles. The Morgan fingerprint density at radius 2 is 1.68 bits per heavy atom. The summed E-state index contributed by atoms with van der Waals surface area (Å²) in [6.07, 6.45) is -2.63. The molecule has 0 atom stereocenters. The molecule has 0 saturated heterocycles. The van der Waals surface area contributed by atoms with E-state index in [9.17, 15) is 13.2 Å². The summed E-state index contributed by atoms with van der Waals surface area (Å²) in [6, 6.07) is 18.5. The van der Waals surface area contributed by atoms with Crippen LogP contribution < -0.4 is 15.4 Å². The smallest absolute Gasteiger partial charge is 0.416 e. The van der Waals surface area contributed by atoms with Crippen LogP contribution >= 0.6 is 0 Å². The first-order chi connectivity index (χ1) is 14.9. The first-order valence-corrected chi connectivity index (χ1v) is 9.66. The van der Waals surface area contributed by atoms with Crippen LogP contribution in [0, 0.1) is 0 Å². The summed E-state index contributed by atoms with van der Waals surface area (Å²) in [5.74, 6) is 1.23. The quantitative estimate of drug-likeness (QED) is 0.428. The maximum Gasteiger partial charge on any atom is 0.416 e. The van der Waals surface area contributed by atoms with Crippen LogP contribution in [0.15, 0.2) is 77.9 Å². The number of guanidine groups is 1. The van der Waals surface area contributed by atoms with E-state index in [1.807, 2.05) is 42.5 Å². The normalized spacial score (nSPS) is 11.8. The fourth-order valence-electron chi connectivity index (χ4n) is 2.79. The van der Waals surface area contributed by atoms with Crippen LogP contribution in [0.3, 0.4) is 0 Å². The third kappa shape index (κ3) is 7.02. The summed E-state index contributed by atoms with van der Waals surface area (Å²) in [5, 5.41) is 6.17. The lowest BCUT2D eigenvalue weighted by Gasteiger charge is -2.13. The Bertz CT molecular complexity index is 990. The van der Waals surface area contributed by atoms with Crippen molar-refractivity contribution in [3.63, 3.8) is 0 Å². The van der Waals surface area contributed by atoms with Gasteiger partial charge in [-0.2, -0.15) is 13.2 Å². The van der Waals surface area contributed by atoms with E-state index >= 15 is 0 Å². The zero-order valence-electron chi connectivity index (χ0n) is 17.0. The number of aliphatic imine (C=N–C) groups is 1. The Hall–Kier alpha value is -3.55. The second-order valence-corrected chi connectivity index (χ2v) is 6.73. The average Bonchev–Trinajstić information content (AvgIpc) is 2.79. The van der Waals surface area contributed by atoms with Crippen LogP contribution in [0.25, 0.3) is 0 Å². The minimum atomic E-state index is -4.36. The van der Waals surface area contributed by atoms with Gasteiger partial charge in [-0.05, 0) is 47.5 Å². The Labute approximate surface area is 179 Å². The van der Waals surface area contributed by atoms with Crippen LogP contribution in [-0.4, -0.2) is 18.0 Å². The van der Waals surface area contributed by atoms with E-state index in [0.717, 1.165) is 29.1 Å². The van der Waals surface area contributed by atoms with E-state index in [1.54, 1.807) is 19.3 Å². The molecule has 1 heterocycles. The van der Waals surface area contributed by atoms with Crippen LogP contribution in [0.5, 0.6) is 5.75 Å². The third-order valence-corrected chi connectivity index (χ3v) is 4.43. The van der Waals surface area contributed by atoms with Crippen LogP contribution in [0.4, 0.5) is 13.2 Å². The molecule has 0 aliphatic heterocycles. The molecule has 1 aromatic heterocycles. The van der Waals surface area contributed by atoms with Gasteiger partial charge in [0.1, 0.15) is 12.4 Å². The number of nitrogens with zero attached hydrogens (tertiary/aromatic N) is 2. The number of aromatic nitrogens is 1. The van der Waals surface area contributed by atoms with Crippen molar-refractivity contribution in [2.45, 2.75) is 25.9 Å². The van der Waals surface area contributed by atoms with Gasteiger partial charge in [0.05, 0.1) is 11.3 Å². The van der Waals surface area contributed by atoms with Gasteiger partial charge in [-0.25, -0.2) is 0 Å². The standard InChI is InChI=1S/C23H23F3N4O/c1-27-22(30-15-18-5-4-6-19(13-18)23(24,25)26)29-14-17-8-10-21(11-9-17)31-16-20-7-2-3-12-28-20/h2-13H,14-16H2,1H3,(H2,27,29,30). The van der Waals surface area contributed by atoms with Gasteiger partial charge in [-0.3, -0.25) is 9.98 Å². The van der Waals surface area contributed by atoms with E-state index in [1.165, 1.54) is 6.07 Å². The molecule has 0 fully saturated rings. The van der Waals surface area contributed by atoms with E-state index < -0.39 is 11.7 Å². The van der Waals surface area contributed by atoms with Crippen molar-refractivity contribution in [1.29, 1.82) is 0 Å². The number of pyridine rings is 1. The largest absolute Gasteiger partial charge is 0.487 e. The fourth-order valence-corrected chi connectivity index (χ4v) is 2.79. The number of hydrogen-bond acceptors (Lipinski definition) is 3. The molecule has 31 heavy (non-hydrogen) atoms. The molecule has 0 bridgehead atoms. The lowest BCUT2D eigenvalue weighted by atomic mass is 10.1. The summed E-state index contributed by atoms with van der Waals surface area (Å²) in [4.78, 5) is 8.33. The van der Waals surface area contributed by atoms with Crippen LogP contribution in [-0.2, 0) is 25.9 Å². The van der Waals surface area contributed by atoms with E-state index in [4.69, 9.17) is 4.74 Å². The molecule has 162 valence electrons. The Morgan fingerprint density at radius 3 is 2.32 bits per heavy atom. The second-order valence-electron chi connectivity index (χ2n) is 6.73. The monoisotopic (exact) mass is 428 g/mol. The fraction of sp³-hybridized carbons (Fsp3) is 0.217. The van der Waals surface area contributed by atoms with E-state index in [0.29, 0.717) is 24.7 Å². The lowest BCUT2D eigenvalue weighted by molar-refractivity contribution is -0.137. The molecule has 0 radical (unpaired) electrons. The highest BCUT2D eigenvalue weighted by atomic mass is 19.4. The predicted octanol–water partition coefficient (Wildman–Crippen LogP) is 4.54. The topological polar surface area (TPSA) is 58.5 Å². The maximum absolute atomic E-state index is 12.8. The minimum absolute atomic E-state index is 0.226. The third-order valence-electron chi connectivity index (χ3n) is 4.43. The molecule has 8 heteroatoms. The molecule has 0 unspecified atom stereocenters. The molecule has 0 spiro atoms. The van der Waals surface area contributed by atoms with Gasteiger partial charge in [0.15, 0.2) is 5.96 Å². The van der Waals surface area contributed by atoms with Crippen molar-refractivity contribution >= 4 is 5.96 Å². The molecule has 0 aliphatic rings. The van der Waals surface area contributed by atoms with Crippen LogP contribution in [0.2, 0.25) is 0 Å². The van der Waals surface area contributed by atoms with Gasteiger partial charge in [0.2, 0.25) is 0 Å². The van der Waals surface area contributed by atoms with Crippen molar-refractivity contribution in [2.24, 2.45) is 4.99 Å². The highest BCUT2D eigenvalue weighted by Gasteiger charge is 2.30. The number of ether oxygens (including phenoxy) is 1. The predicted molar refractivity (Wildman–Crippen MR) is 113 cm³/mol. The maximum atomic E-state index is 12.8. The van der Waals surface area contributed by atoms with Gasteiger partial charge >= 0.3 is 6.18 Å². The summed E-state index contributed by atoms with van der Waals surface area (Å²) < 4.78 is 44.2. The average molecular weight is 428 g/mol. The van der Waals surface area contributed by atoms with Crippen molar-refractivity contribution in [3.8, 4) is 5.75 Å².